The second-order valence-corrected chi connectivity index (χ2v) is 18.9. The molecule has 0 saturated carbocycles. The van der Waals surface area contributed by atoms with E-state index in [2.05, 4.69) is 44.3 Å². The second kappa shape index (κ2) is 15.1. The van der Waals surface area contributed by atoms with E-state index in [4.69, 9.17) is 21.8 Å². The monoisotopic (exact) mass is 674 g/mol. The molecule has 3 rings (SSSR count). The number of nitrogens with zero attached hydrogens (tertiary/aromatic N) is 4. The summed E-state index contributed by atoms with van der Waals surface area (Å²) in [5.41, 5.74) is 7.43. The predicted octanol–water partition coefficient (Wildman–Crippen LogP) is 5.28. The Hall–Kier alpha value is -3.32. The second-order valence-electron chi connectivity index (χ2n) is 13.7. The largest absolute Gasteiger partial charge is 0.415 e. The Morgan fingerprint density at radius 3 is 2.46 bits per heavy atom. The van der Waals surface area contributed by atoms with Crippen LogP contribution in [0.2, 0.25) is 23.2 Å². The lowest BCUT2D eigenvalue weighted by Crippen LogP contribution is -2.51. The van der Waals surface area contributed by atoms with Gasteiger partial charge in [0.05, 0.1) is 35.8 Å². The third-order valence-electron chi connectivity index (χ3n) is 8.64. The first-order valence-electron chi connectivity index (χ1n) is 15.4. The molecule has 1 heterocycles. The van der Waals surface area contributed by atoms with E-state index in [1.165, 1.54) is 15.6 Å². The summed E-state index contributed by atoms with van der Waals surface area (Å²) in [5.74, 6) is -2.16. The maximum absolute atomic E-state index is 15.1. The Labute approximate surface area is 277 Å². The van der Waals surface area contributed by atoms with Crippen molar-refractivity contribution in [3.8, 4) is 0 Å². The van der Waals surface area contributed by atoms with Gasteiger partial charge in [0.15, 0.2) is 14.0 Å². The van der Waals surface area contributed by atoms with Crippen LogP contribution in [0, 0.1) is 12.7 Å². The van der Waals surface area contributed by atoms with E-state index in [1.807, 2.05) is 38.9 Å². The Morgan fingerprint density at radius 1 is 1.17 bits per heavy atom. The molecule has 3 aromatic rings. The highest BCUT2D eigenvalue weighted by atomic mass is 35.5. The number of rotatable bonds is 14. The molecule has 0 bridgehead atoms. The van der Waals surface area contributed by atoms with Gasteiger partial charge >= 0.3 is 0 Å². The van der Waals surface area contributed by atoms with Gasteiger partial charge in [-0.15, -0.1) is 0 Å². The maximum atomic E-state index is 15.1. The number of hydrogen-bond donors (Lipinski definition) is 2. The number of fused-ring (bicyclic) bond motifs is 1. The number of nitrogens with two attached hydrogens (primary N) is 1. The lowest BCUT2D eigenvalue weighted by atomic mass is 10.0. The summed E-state index contributed by atoms with van der Waals surface area (Å²) in [4.78, 5) is 43.2. The summed E-state index contributed by atoms with van der Waals surface area (Å²) in [6.45, 7) is 14.6. The summed E-state index contributed by atoms with van der Waals surface area (Å²) in [6, 6.07) is 8.97. The molecule has 0 aliphatic heterocycles. The first-order valence-corrected chi connectivity index (χ1v) is 18.7. The number of hydrogen-bond acceptors (Lipinski definition) is 6. The van der Waals surface area contributed by atoms with Crippen LogP contribution >= 0.6 is 11.6 Å². The summed E-state index contributed by atoms with van der Waals surface area (Å²) in [5, 5.41) is 7.76. The van der Waals surface area contributed by atoms with Crippen LogP contribution < -0.4 is 11.1 Å². The number of benzene rings is 2. The molecule has 46 heavy (non-hydrogen) atoms. The van der Waals surface area contributed by atoms with E-state index in [0.717, 1.165) is 5.56 Å². The number of carbonyl (C=O) groups is 3. The topological polar surface area (TPSA) is 123 Å². The van der Waals surface area contributed by atoms with E-state index >= 15 is 4.39 Å². The number of aryl methyl sites for hydroxylation is 1. The van der Waals surface area contributed by atoms with Gasteiger partial charge in [0.2, 0.25) is 11.8 Å². The van der Waals surface area contributed by atoms with Gasteiger partial charge in [-0.2, -0.15) is 5.10 Å². The van der Waals surface area contributed by atoms with Crippen molar-refractivity contribution in [3.05, 3.63) is 64.1 Å². The van der Waals surface area contributed by atoms with Crippen LogP contribution in [0.5, 0.6) is 0 Å². The first-order chi connectivity index (χ1) is 21.3. The lowest BCUT2D eigenvalue weighted by molar-refractivity contribution is -0.139. The van der Waals surface area contributed by atoms with Gasteiger partial charge in [0.25, 0.3) is 5.91 Å². The SMILES string of the molecule is Cc1ccc2c(c1)c(C(N)=O)nn2CC(=O)N(CC(=O)N[C@@H](CCN(C)C)c1cccc(Cl)c1F)[C@H](C)CO[Si](C)(C)C(C)(C)C. The average molecular weight is 675 g/mol. The molecule has 0 spiro atoms. The van der Waals surface area contributed by atoms with Crippen LogP contribution in [0.3, 0.4) is 0 Å². The van der Waals surface area contributed by atoms with E-state index in [0.29, 0.717) is 23.9 Å². The van der Waals surface area contributed by atoms with E-state index in [9.17, 15) is 14.4 Å². The van der Waals surface area contributed by atoms with Crippen LogP contribution in [-0.2, 0) is 20.6 Å². The molecule has 0 unspecified atom stereocenters. The molecule has 252 valence electrons. The molecule has 3 N–H and O–H groups in total. The average Bonchev–Trinajstić information content (AvgIpc) is 3.30. The predicted molar refractivity (Wildman–Crippen MR) is 183 cm³/mol. The summed E-state index contributed by atoms with van der Waals surface area (Å²) >= 11 is 6.08. The standard InChI is InChI=1S/C33H48ClFN6O4Si/c1-21-13-14-27-24(17-21)31(32(36)44)38-41(27)19-29(43)40(22(2)20-45-46(8,9)33(3,4)5)18-28(42)37-26(15-16-39(6)7)23-11-10-12-25(34)30(23)35/h10-14,17,22,26H,15-16,18-20H2,1-9H3,(H2,36,44)(H,37,42)/t22-,26+/m1/s1. The van der Waals surface area contributed by atoms with Crippen LogP contribution in [-0.4, -0.2) is 85.5 Å². The molecule has 13 heteroatoms. The van der Waals surface area contributed by atoms with Gasteiger partial charge in [0, 0.05) is 10.9 Å². The highest BCUT2D eigenvalue weighted by molar-refractivity contribution is 6.74. The summed E-state index contributed by atoms with van der Waals surface area (Å²) in [6.07, 6.45) is 0.419. The van der Waals surface area contributed by atoms with Crippen molar-refractivity contribution < 1.29 is 23.2 Å². The zero-order valence-electron chi connectivity index (χ0n) is 28.4. The molecule has 0 aliphatic carbocycles. The minimum atomic E-state index is -2.18. The molecular formula is C33H48ClFN6O4Si. The first kappa shape index (κ1) is 37.1. The van der Waals surface area contributed by atoms with Crippen LogP contribution in [0.15, 0.2) is 36.4 Å². The zero-order valence-corrected chi connectivity index (χ0v) is 30.2. The summed E-state index contributed by atoms with van der Waals surface area (Å²) < 4.78 is 23.0. The molecule has 0 saturated heterocycles. The molecular weight excluding hydrogens is 627 g/mol. The Bertz CT molecular complexity index is 1570. The molecule has 0 radical (unpaired) electrons. The Morgan fingerprint density at radius 2 is 1.85 bits per heavy atom. The van der Waals surface area contributed by atoms with Crippen molar-refractivity contribution in [2.24, 2.45) is 5.73 Å². The smallest absolute Gasteiger partial charge is 0.269 e. The summed E-state index contributed by atoms with van der Waals surface area (Å²) in [7, 11) is 1.60. The van der Waals surface area contributed by atoms with E-state index < -0.39 is 43.9 Å². The van der Waals surface area contributed by atoms with Crippen molar-refractivity contribution in [1.29, 1.82) is 0 Å². The van der Waals surface area contributed by atoms with Crippen molar-refractivity contribution in [3.63, 3.8) is 0 Å². The fourth-order valence-corrected chi connectivity index (χ4v) is 6.09. The Balaban J connectivity index is 1.93. The fourth-order valence-electron chi connectivity index (χ4n) is 4.82. The van der Waals surface area contributed by atoms with Gasteiger partial charge in [0.1, 0.15) is 12.4 Å². The van der Waals surface area contributed by atoms with Crippen molar-refractivity contribution >= 4 is 48.5 Å². The normalized spacial score (nSPS) is 13.6. The number of primary amides is 1. The quantitative estimate of drug-likeness (QED) is 0.224. The number of halogens is 2. The number of nitrogens with one attached hydrogen (secondary N) is 1. The van der Waals surface area contributed by atoms with Gasteiger partial charge in [-0.05, 0) is 77.2 Å². The van der Waals surface area contributed by atoms with Gasteiger partial charge in [-0.1, -0.05) is 56.1 Å². The highest BCUT2D eigenvalue weighted by Gasteiger charge is 2.38. The zero-order chi connectivity index (χ0) is 34.6. The fraction of sp³-hybridized carbons (Fsp3) is 0.515. The van der Waals surface area contributed by atoms with E-state index in [-0.39, 0.29) is 41.0 Å². The molecule has 3 amide bonds. The van der Waals surface area contributed by atoms with Gasteiger partial charge in [-0.3, -0.25) is 19.1 Å². The van der Waals surface area contributed by atoms with Crippen LogP contribution in [0.4, 0.5) is 4.39 Å². The maximum Gasteiger partial charge on any atom is 0.269 e. The number of aromatic nitrogens is 2. The van der Waals surface area contributed by atoms with E-state index in [1.54, 1.807) is 24.3 Å². The van der Waals surface area contributed by atoms with Crippen LogP contribution in [0.1, 0.15) is 61.8 Å². The molecule has 0 fully saturated rings. The number of carbonyl (C=O) groups excluding carboxylic acids is 3. The lowest BCUT2D eigenvalue weighted by Gasteiger charge is -2.38. The molecule has 2 atom stereocenters. The highest BCUT2D eigenvalue weighted by Crippen LogP contribution is 2.36. The molecule has 2 aromatic carbocycles. The Kier molecular flexibility index (Phi) is 12.2. The number of amides is 3. The van der Waals surface area contributed by atoms with Gasteiger partial charge in [-0.25, -0.2) is 4.39 Å². The third kappa shape index (κ3) is 9.15. The van der Waals surface area contributed by atoms with Gasteiger partial charge < -0.3 is 25.3 Å². The van der Waals surface area contributed by atoms with Crippen molar-refractivity contribution in [2.75, 3.05) is 33.8 Å². The minimum Gasteiger partial charge on any atom is -0.415 e. The van der Waals surface area contributed by atoms with Crippen LogP contribution in [0.25, 0.3) is 10.9 Å². The molecule has 0 aliphatic rings. The third-order valence-corrected chi connectivity index (χ3v) is 13.4. The van der Waals surface area contributed by atoms with Crippen molar-refractivity contribution in [2.45, 2.75) is 77.8 Å². The minimum absolute atomic E-state index is 0.0354. The molecule has 10 nitrogen and oxygen atoms in total. The molecule has 1 aromatic heterocycles. The van der Waals surface area contributed by atoms with Crippen molar-refractivity contribution in [1.82, 2.24) is 24.9 Å².